The summed E-state index contributed by atoms with van der Waals surface area (Å²) in [6.45, 7) is 0.100. The Hall–Kier alpha value is -4.70. The van der Waals surface area contributed by atoms with Gasteiger partial charge in [0.2, 0.25) is 0 Å². The van der Waals surface area contributed by atoms with Crippen molar-refractivity contribution in [3.05, 3.63) is 121 Å². The van der Waals surface area contributed by atoms with Crippen molar-refractivity contribution in [2.75, 3.05) is 9.71 Å². The number of rotatable bonds is 1. The average molecular weight is 457 g/mol. The zero-order chi connectivity index (χ0) is 23.4. The molecule has 4 heterocycles. The average Bonchev–Trinajstić information content (AvgIpc) is 3.29. The largest absolute Gasteiger partial charge is 0.374 e. The van der Waals surface area contributed by atoms with Crippen LogP contribution in [-0.4, -0.2) is 11.4 Å². The second kappa shape index (κ2) is 6.49. The van der Waals surface area contributed by atoms with E-state index >= 15 is 0 Å². The Morgan fingerprint density at radius 3 is 2.06 bits per heavy atom. The maximum Gasteiger partial charge on any atom is 0.351 e. The van der Waals surface area contributed by atoms with Crippen LogP contribution >= 0.6 is 0 Å². The number of hydrogen-bond donors (Lipinski definition) is 0. The first-order valence-corrected chi connectivity index (χ1v) is 12.5. The number of benzene rings is 5. The third-order valence-electron chi connectivity index (χ3n) is 8.07. The summed E-state index contributed by atoms with van der Waals surface area (Å²) in [7, 11) is 0. The van der Waals surface area contributed by atoms with E-state index in [0.29, 0.717) is 0 Å². The molecular weight excluding hydrogens is 437 g/mol. The highest BCUT2D eigenvalue weighted by atomic mass is 15.2. The van der Waals surface area contributed by atoms with Crippen LogP contribution in [0.4, 0.5) is 28.4 Å². The van der Waals surface area contributed by atoms with Crippen molar-refractivity contribution in [2.24, 2.45) is 0 Å². The molecule has 0 fully saturated rings. The van der Waals surface area contributed by atoms with Crippen LogP contribution in [0.2, 0.25) is 0 Å². The van der Waals surface area contributed by atoms with E-state index in [-0.39, 0.29) is 6.85 Å². The van der Waals surface area contributed by atoms with E-state index in [2.05, 4.69) is 136 Å². The van der Waals surface area contributed by atoms with E-state index < -0.39 is 0 Å². The number of anilines is 5. The molecule has 3 aliphatic heterocycles. The summed E-state index contributed by atoms with van der Waals surface area (Å²) >= 11 is 0. The van der Waals surface area contributed by atoms with Gasteiger partial charge in [-0.2, -0.15) is 0 Å². The molecule has 3 aliphatic rings. The Bertz CT molecular complexity index is 1870. The van der Waals surface area contributed by atoms with Crippen molar-refractivity contribution < 1.29 is 0 Å². The van der Waals surface area contributed by atoms with Gasteiger partial charge < -0.3 is 14.3 Å². The Balaban J connectivity index is 1.54. The quantitative estimate of drug-likeness (QED) is 0.256. The highest BCUT2D eigenvalue weighted by molar-refractivity contribution is 6.94. The van der Waals surface area contributed by atoms with Gasteiger partial charge >= 0.3 is 6.85 Å². The summed E-state index contributed by atoms with van der Waals surface area (Å²) in [4.78, 5) is 5.07. The summed E-state index contributed by atoms with van der Waals surface area (Å²) in [6, 6.07) is 44.3. The van der Waals surface area contributed by atoms with Gasteiger partial charge in [0.15, 0.2) is 0 Å². The zero-order valence-electron chi connectivity index (χ0n) is 19.5. The number of hydrogen-bond acceptors (Lipinski definition) is 2. The van der Waals surface area contributed by atoms with Crippen LogP contribution in [0.25, 0.3) is 27.7 Å². The number of nitrogens with zero attached hydrogens (tertiary/aromatic N) is 3. The van der Waals surface area contributed by atoms with Crippen molar-refractivity contribution in [1.82, 2.24) is 4.57 Å². The van der Waals surface area contributed by atoms with E-state index in [0.717, 1.165) is 0 Å². The molecule has 5 aromatic carbocycles. The fraction of sp³-hybridized carbons (Fsp3) is 0. The lowest BCUT2D eigenvalue weighted by Crippen LogP contribution is -2.65. The van der Waals surface area contributed by atoms with Crippen molar-refractivity contribution >= 4 is 57.2 Å². The molecule has 166 valence electrons. The molecule has 1 aromatic heterocycles. The van der Waals surface area contributed by atoms with Crippen LogP contribution in [0.15, 0.2) is 121 Å². The van der Waals surface area contributed by atoms with Gasteiger partial charge in [-0.15, -0.1) is 0 Å². The Morgan fingerprint density at radius 1 is 0.500 bits per heavy atom. The molecule has 0 unspecified atom stereocenters. The van der Waals surface area contributed by atoms with E-state index in [9.17, 15) is 0 Å². The second-order valence-corrected chi connectivity index (χ2v) is 9.77. The van der Waals surface area contributed by atoms with Crippen LogP contribution in [0.5, 0.6) is 0 Å². The van der Waals surface area contributed by atoms with Crippen LogP contribution in [0.1, 0.15) is 0 Å². The molecular formula is C32H20BN3. The van der Waals surface area contributed by atoms with Crippen LogP contribution < -0.4 is 20.8 Å². The van der Waals surface area contributed by atoms with Gasteiger partial charge in [-0.1, -0.05) is 78.9 Å². The topological polar surface area (TPSA) is 11.4 Å². The highest BCUT2D eigenvalue weighted by Crippen LogP contribution is 2.51. The van der Waals surface area contributed by atoms with Gasteiger partial charge in [0, 0.05) is 33.6 Å². The van der Waals surface area contributed by atoms with E-state index in [1.807, 2.05) is 0 Å². The van der Waals surface area contributed by atoms with Crippen molar-refractivity contribution in [2.45, 2.75) is 0 Å². The van der Waals surface area contributed by atoms with Gasteiger partial charge in [0.25, 0.3) is 0 Å². The second-order valence-electron chi connectivity index (χ2n) is 9.77. The molecule has 0 radical (unpaired) electrons. The lowest BCUT2D eigenvalue weighted by Gasteiger charge is -2.47. The van der Waals surface area contributed by atoms with Crippen molar-refractivity contribution in [3.8, 4) is 16.8 Å². The zero-order valence-corrected chi connectivity index (χ0v) is 19.5. The van der Waals surface area contributed by atoms with Crippen molar-refractivity contribution in [3.63, 3.8) is 0 Å². The SMILES string of the molecule is c1ccc(N2c3cccc4c3B3c5c2c2ccccc2n5-c2ccccc2N3c2ccccc2-4)cc1. The molecule has 0 saturated heterocycles. The number of aromatic nitrogens is 1. The Morgan fingerprint density at radius 2 is 1.17 bits per heavy atom. The summed E-state index contributed by atoms with van der Waals surface area (Å²) in [5, 5.41) is 1.28. The van der Waals surface area contributed by atoms with E-state index in [1.165, 1.54) is 67.2 Å². The third kappa shape index (κ3) is 2.08. The molecule has 3 nitrogen and oxygen atoms in total. The molecule has 6 aromatic rings. The van der Waals surface area contributed by atoms with Gasteiger partial charge in [0.1, 0.15) is 0 Å². The molecule has 0 N–H and O–H groups in total. The predicted molar refractivity (Wildman–Crippen MR) is 151 cm³/mol. The van der Waals surface area contributed by atoms with Crippen LogP contribution in [0, 0.1) is 0 Å². The lowest BCUT2D eigenvalue weighted by molar-refractivity contribution is 1.11. The lowest BCUT2D eigenvalue weighted by atomic mass is 9.44. The minimum Gasteiger partial charge on any atom is -0.374 e. The van der Waals surface area contributed by atoms with E-state index in [4.69, 9.17) is 0 Å². The molecule has 0 bridgehead atoms. The number of para-hydroxylation sites is 5. The van der Waals surface area contributed by atoms with Gasteiger partial charge in [-0.3, -0.25) is 0 Å². The Labute approximate surface area is 209 Å². The maximum absolute atomic E-state index is 2.58. The molecule has 0 amide bonds. The maximum atomic E-state index is 2.58. The summed E-state index contributed by atoms with van der Waals surface area (Å²) < 4.78 is 2.52. The standard InChI is InChI=1S/C32H20BN3/c1-2-11-21(12-3-1)34-29-20-10-15-23-22-13-4-7-17-26(22)36-28-19-9-8-18-27(28)35-25-16-6-5-14-24(25)31(34)32(35)33(36)30(23)29/h1-20H. The molecule has 0 saturated carbocycles. The molecule has 9 rings (SSSR count). The summed E-state index contributed by atoms with van der Waals surface area (Å²) in [6.07, 6.45) is 0. The smallest absolute Gasteiger partial charge is 0.351 e. The fourth-order valence-corrected chi connectivity index (χ4v) is 6.79. The first-order chi connectivity index (χ1) is 17.9. The third-order valence-corrected chi connectivity index (χ3v) is 8.07. The molecule has 0 atom stereocenters. The molecule has 0 aliphatic carbocycles. The normalized spacial score (nSPS) is 13.9. The fourth-order valence-electron chi connectivity index (χ4n) is 6.79. The Kier molecular flexibility index (Phi) is 3.36. The number of fused-ring (bicyclic) bond motifs is 9. The minimum absolute atomic E-state index is 0.100. The van der Waals surface area contributed by atoms with Crippen LogP contribution in [-0.2, 0) is 0 Å². The minimum atomic E-state index is 0.100. The van der Waals surface area contributed by atoms with Gasteiger partial charge in [-0.25, -0.2) is 0 Å². The first-order valence-electron chi connectivity index (χ1n) is 12.5. The highest BCUT2D eigenvalue weighted by Gasteiger charge is 2.50. The van der Waals surface area contributed by atoms with E-state index in [1.54, 1.807) is 0 Å². The van der Waals surface area contributed by atoms with Crippen molar-refractivity contribution in [1.29, 1.82) is 0 Å². The van der Waals surface area contributed by atoms with Crippen LogP contribution in [0.3, 0.4) is 0 Å². The predicted octanol–water partition coefficient (Wildman–Crippen LogP) is 6.65. The monoisotopic (exact) mass is 457 g/mol. The molecule has 4 heteroatoms. The summed E-state index contributed by atoms with van der Waals surface area (Å²) in [5.41, 5.74) is 14.1. The van der Waals surface area contributed by atoms with Gasteiger partial charge in [0.05, 0.1) is 22.6 Å². The molecule has 0 spiro atoms. The van der Waals surface area contributed by atoms with Gasteiger partial charge in [-0.05, 0) is 53.5 Å². The summed E-state index contributed by atoms with van der Waals surface area (Å²) in [5.74, 6) is 0. The molecule has 36 heavy (non-hydrogen) atoms. The first kappa shape index (κ1) is 18.6.